The third-order valence-electron chi connectivity index (χ3n) is 3.84. The fourth-order valence-corrected chi connectivity index (χ4v) is 2.86. The number of rotatable bonds is 3. The molecule has 2 aromatic rings. The van der Waals surface area contributed by atoms with E-state index in [4.69, 9.17) is 10.7 Å². The second kappa shape index (κ2) is 5.55. The van der Waals surface area contributed by atoms with E-state index in [9.17, 15) is 0 Å². The van der Waals surface area contributed by atoms with Gasteiger partial charge in [0.1, 0.15) is 17.3 Å². The van der Waals surface area contributed by atoms with Crippen LogP contribution in [0.2, 0.25) is 0 Å². The van der Waals surface area contributed by atoms with Crippen LogP contribution in [0, 0.1) is 13.8 Å². The van der Waals surface area contributed by atoms with Crippen LogP contribution in [0.3, 0.4) is 0 Å². The monoisotopic (exact) mass is 285 g/mol. The lowest BCUT2D eigenvalue weighted by Crippen LogP contribution is -2.19. The minimum Gasteiger partial charge on any atom is -0.383 e. The lowest BCUT2D eigenvalue weighted by Gasteiger charge is -2.19. The molecule has 2 N–H and O–H groups in total. The van der Waals surface area contributed by atoms with E-state index in [0.29, 0.717) is 0 Å². The Kier molecular flexibility index (Phi) is 4.13. The first-order chi connectivity index (χ1) is 9.77. The standard InChI is InChI=1S/C18H27N3/c1-7-11-21-16(19)15(20-17(21)18(4,5)6)14-12(2)9-8-10-13(14)3/h8-10H,7,11,19H2,1-6H3. The first-order valence-corrected chi connectivity index (χ1v) is 7.70. The molecule has 1 aromatic heterocycles. The van der Waals surface area contributed by atoms with Crippen molar-refractivity contribution < 1.29 is 0 Å². The van der Waals surface area contributed by atoms with Crippen molar-refractivity contribution in [1.82, 2.24) is 9.55 Å². The molecule has 0 aliphatic heterocycles. The molecule has 3 nitrogen and oxygen atoms in total. The molecule has 0 fully saturated rings. The lowest BCUT2D eigenvalue weighted by molar-refractivity contribution is 0.498. The van der Waals surface area contributed by atoms with Crippen LogP contribution in [0.25, 0.3) is 11.3 Å². The van der Waals surface area contributed by atoms with Crippen LogP contribution in [0.4, 0.5) is 5.82 Å². The van der Waals surface area contributed by atoms with Gasteiger partial charge in [-0.15, -0.1) is 0 Å². The van der Waals surface area contributed by atoms with Crippen LogP contribution >= 0.6 is 0 Å². The fourth-order valence-electron chi connectivity index (χ4n) is 2.86. The molecule has 0 atom stereocenters. The Morgan fingerprint density at radius 2 is 1.71 bits per heavy atom. The smallest absolute Gasteiger partial charge is 0.131 e. The fraction of sp³-hybridized carbons (Fsp3) is 0.500. The van der Waals surface area contributed by atoms with Gasteiger partial charge in [-0.2, -0.15) is 0 Å². The summed E-state index contributed by atoms with van der Waals surface area (Å²) in [5.41, 5.74) is 11.0. The zero-order valence-electron chi connectivity index (χ0n) is 14.1. The number of hydrogen-bond donors (Lipinski definition) is 1. The molecule has 3 heteroatoms. The Morgan fingerprint density at radius 3 is 2.19 bits per heavy atom. The first-order valence-electron chi connectivity index (χ1n) is 7.70. The Bertz CT molecular complexity index is 625. The van der Waals surface area contributed by atoms with Crippen LogP contribution in [-0.2, 0) is 12.0 Å². The Hall–Kier alpha value is -1.77. The molecule has 1 heterocycles. The van der Waals surface area contributed by atoms with E-state index in [1.807, 2.05) is 0 Å². The van der Waals surface area contributed by atoms with Crippen molar-refractivity contribution in [1.29, 1.82) is 0 Å². The number of nitrogens with two attached hydrogens (primary N) is 1. The highest BCUT2D eigenvalue weighted by Crippen LogP contribution is 2.35. The highest BCUT2D eigenvalue weighted by molar-refractivity contribution is 5.76. The molecule has 0 aliphatic rings. The number of hydrogen-bond acceptors (Lipinski definition) is 2. The number of benzene rings is 1. The number of imidazole rings is 1. The molecule has 114 valence electrons. The maximum atomic E-state index is 6.46. The average molecular weight is 285 g/mol. The summed E-state index contributed by atoms with van der Waals surface area (Å²) in [5.74, 6) is 1.86. The van der Waals surface area contributed by atoms with Crippen molar-refractivity contribution in [3.63, 3.8) is 0 Å². The Morgan fingerprint density at radius 1 is 1.14 bits per heavy atom. The van der Waals surface area contributed by atoms with E-state index < -0.39 is 0 Å². The van der Waals surface area contributed by atoms with Crippen molar-refractivity contribution in [3.8, 4) is 11.3 Å². The van der Waals surface area contributed by atoms with E-state index >= 15 is 0 Å². The highest BCUT2D eigenvalue weighted by Gasteiger charge is 2.26. The summed E-state index contributed by atoms with van der Waals surface area (Å²) in [6, 6.07) is 6.33. The van der Waals surface area contributed by atoms with Crippen LogP contribution in [0.1, 0.15) is 51.1 Å². The number of nitrogens with zero attached hydrogens (tertiary/aromatic N) is 2. The van der Waals surface area contributed by atoms with Gasteiger partial charge in [0.2, 0.25) is 0 Å². The van der Waals surface area contributed by atoms with Crippen molar-refractivity contribution >= 4 is 5.82 Å². The maximum Gasteiger partial charge on any atom is 0.131 e. The predicted octanol–water partition coefficient (Wildman–Crippen LogP) is 4.46. The van der Waals surface area contributed by atoms with Gasteiger partial charge in [0, 0.05) is 17.5 Å². The molecular formula is C18H27N3. The molecule has 0 aliphatic carbocycles. The largest absolute Gasteiger partial charge is 0.383 e. The number of anilines is 1. The molecule has 21 heavy (non-hydrogen) atoms. The van der Waals surface area contributed by atoms with Crippen LogP contribution < -0.4 is 5.73 Å². The minimum atomic E-state index is -0.0157. The van der Waals surface area contributed by atoms with Gasteiger partial charge < -0.3 is 10.3 Å². The third-order valence-corrected chi connectivity index (χ3v) is 3.84. The first kappa shape index (κ1) is 15.6. The van der Waals surface area contributed by atoms with Gasteiger partial charge in [-0.25, -0.2) is 4.98 Å². The number of nitrogen functional groups attached to an aromatic ring is 1. The average Bonchev–Trinajstić information content (AvgIpc) is 2.68. The van der Waals surface area contributed by atoms with E-state index in [1.54, 1.807) is 0 Å². The molecule has 2 rings (SSSR count). The normalized spacial score (nSPS) is 11.9. The summed E-state index contributed by atoms with van der Waals surface area (Å²) in [6.07, 6.45) is 1.05. The molecule has 1 aromatic carbocycles. The zero-order valence-corrected chi connectivity index (χ0v) is 14.1. The molecule has 0 saturated heterocycles. The highest BCUT2D eigenvalue weighted by atomic mass is 15.1. The van der Waals surface area contributed by atoms with E-state index in [1.165, 1.54) is 16.7 Å². The van der Waals surface area contributed by atoms with Gasteiger partial charge in [0.15, 0.2) is 0 Å². The molecule has 0 amide bonds. The summed E-state index contributed by atoms with van der Waals surface area (Å²) in [4.78, 5) is 4.93. The molecule has 0 unspecified atom stereocenters. The summed E-state index contributed by atoms with van der Waals surface area (Å²) < 4.78 is 2.18. The summed E-state index contributed by atoms with van der Waals surface area (Å²) in [5, 5.41) is 0. The van der Waals surface area contributed by atoms with Crippen LogP contribution in [-0.4, -0.2) is 9.55 Å². The molecule has 0 bridgehead atoms. The number of aryl methyl sites for hydroxylation is 2. The van der Waals surface area contributed by atoms with Gasteiger partial charge in [0.05, 0.1) is 0 Å². The van der Waals surface area contributed by atoms with Gasteiger partial charge >= 0.3 is 0 Å². The summed E-state index contributed by atoms with van der Waals surface area (Å²) >= 11 is 0. The molecule has 0 spiro atoms. The molecule has 0 radical (unpaired) electrons. The van der Waals surface area contributed by atoms with Gasteiger partial charge in [-0.3, -0.25) is 0 Å². The lowest BCUT2D eigenvalue weighted by atomic mass is 9.95. The molecular weight excluding hydrogens is 258 g/mol. The van der Waals surface area contributed by atoms with Crippen molar-refractivity contribution in [2.24, 2.45) is 0 Å². The predicted molar refractivity (Wildman–Crippen MR) is 90.5 cm³/mol. The van der Waals surface area contributed by atoms with E-state index in [2.05, 4.69) is 64.3 Å². The SMILES string of the molecule is CCCn1c(C(C)(C)C)nc(-c2c(C)cccc2C)c1N. The van der Waals surface area contributed by atoms with Crippen molar-refractivity contribution in [2.75, 3.05) is 5.73 Å². The summed E-state index contributed by atoms with van der Waals surface area (Å²) in [7, 11) is 0. The van der Waals surface area contributed by atoms with Crippen LogP contribution in [0.15, 0.2) is 18.2 Å². The summed E-state index contributed by atoms with van der Waals surface area (Å²) in [6.45, 7) is 13.9. The maximum absolute atomic E-state index is 6.46. The second-order valence-electron chi connectivity index (χ2n) is 6.84. The Balaban J connectivity index is 2.71. The minimum absolute atomic E-state index is 0.0157. The van der Waals surface area contributed by atoms with Gasteiger partial charge in [0.25, 0.3) is 0 Å². The molecule has 0 saturated carbocycles. The van der Waals surface area contributed by atoms with E-state index in [-0.39, 0.29) is 5.41 Å². The van der Waals surface area contributed by atoms with Gasteiger partial charge in [-0.1, -0.05) is 45.9 Å². The quantitative estimate of drug-likeness (QED) is 0.905. The Labute approximate surface area is 128 Å². The van der Waals surface area contributed by atoms with Crippen molar-refractivity contribution in [2.45, 2.75) is 59.9 Å². The zero-order chi connectivity index (χ0) is 15.8. The van der Waals surface area contributed by atoms with Crippen LogP contribution in [0.5, 0.6) is 0 Å². The van der Waals surface area contributed by atoms with E-state index in [0.717, 1.165) is 30.3 Å². The number of aromatic nitrogens is 2. The second-order valence-corrected chi connectivity index (χ2v) is 6.84. The third kappa shape index (κ3) is 2.82. The van der Waals surface area contributed by atoms with Crippen molar-refractivity contribution in [3.05, 3.63) is 35.2 Å². The van der Waals surface area contributed by atoms with Gasteiger partial charge in [-0.05, 0) is 31.4 Å². The topological polar surface area (TPSA) is 43.8 Å².